The summed E-state index contributed by atoms with van der Waals surface area (Å²) >= 11 is 5.27. The van der Waals surface area contributed by atoms with Crippen molar-refractivity contribution in [3.63, 3.8) is 0 Å². The van der Waals surface area contributed by atoms with E-state index in [9.17, 15) is 8.42 Å². The highest BCUT2D eigenvalue weighted by atomic mass is 79.9. The average Bonchev–Trinajstić information content (AvgIpc) is 2.96. The molecule has 1 unspecified atom stereocenters. The molecule has 0 aromatic heterocycles. The van der Waals surface area contributed by atoms with Crippen molar-refractivity contribution in [1.29, 1.82) is 0 Å². The Balaban J connectivity index is 2.04. The van der Waals surface area contributed by atoms with Gasteiger partial charge in [-0.05, 0) is 64.0 Å². The number of thioether (sulfide) groups is 1. The van der Waals surface area contributed by atoms with Gasteiger partial charge >= 0.3 is 0 Å². The van der Waals surface area contributed by atoms with E-state index in [4.69, 9.17) is 0 Å². The maximum Gasteiger partial charge on any atom is 0.241 e. The summed E-state index contributed by atoms with van der Waals surface area (Å²) in [7, 11) is -3.44. The Morgan fingerprint density at radius 3 is 2.86 bits per heavy atom. The summed E-state index contributed by atoms with van der Waals surface area (Å²) in [5.74, 6) is 2.64. The van der Waals surface area contributed by atoms with E-state index in [-0.39, 0.29) is 0 Å². The number of halogens is 1. The Morgan fingerprint density at radius 1 is 1.43 bits per heavy atom. The molecule has 1 aliphatic rings. The normalized spacial score (nSPS) is 19.0. The highest BCUT2D eigenvalue weighted by Gasteiger charge is 2.21. The minimum Gasteiger partial charge on any atom is -0.313 e. The molecular weight excluding hydrogens is 372 g/mol. The topological polar surface area (TPSA) is 58.2 Å². The van der Waals surface area contributed by atoms with Crippen molar-refractivity contribution in [2.75, 3.05) is 24.6 Å². The first kappa shape index (κ1) is 17.3. The second-order valence-electron chi connectivity index (χ2n) is 5.13. The molecule has 1 aromatic carbocycles. The van der Waals surface area contributed by atoms with Crippen molar-refractivity contribution >= 4 is 37.7 Å². The molecule has 21 heavy (non-hydrogen) atoms. The molecule has 0 radical (unpaired) electrons. The van der Waals surface area contributed by atoms with E-state index in [1.54, 1.807) is 6.07 Å². The summed E-state index contributed by atoms with van der Waals surface area (Å²) in [6.07, 6.45) is 1.09. The minimum atomic E-state index is -3.44. The van der Waals surface area contributed by atoms with Crippen molar-refractivity contribution in [3.8, 4) is 0 Å². The molecule has 1 aromatic rings. The van der Waals surface area contributed by atoms with Gasteiger partial charge in [0.25, 0.3) is 0 Å². The molecule has 1 fully saturated rings. The van der Waals surface area contributed by atoms with Crippen LogP contribution < -0.4 is 10.0 Å². The van der Waals surface area contributed by atoms with E-state index in [0.717, 1.165) is 36.6 Å². The van der Waals surface area contributed by atoms with Crippen molar-refractivity contribution in [3.05, 3.63) is 28.2 Å². The van der Waals surface area contributed by atoms with E-state index in [1.807, 2.05) is 30.8 Å². The standard InChI is InChI=1S/C14H21BrN2O2S2/c1-2-16-8-11-3-4-14(13(15)7-11)21(18,19)17-9-12-5-6-20-10-12/h3-4,7,12,16-17H,2,5-6,8-10H2,1H3. The Morgan fingerprint density at radius 2 is 2.24 bits per heavy atom. The molecule has 1 heterocycles. The van der Waals surface area contributed by atoms with Crippen LogP contribution in [0.3, 0.4) is 0 Å². The first-order valence-electron chi connectivity index (χ1n) is 7.09. The number of benzene rings is 1. The number of nitrogens with one attached hydrogen (secondary N) is 2. The molecule has 4 nitrogen and oxygen atoms in total. The smallest absolute Gasteiger partial charge is 0.241 e. The fourth-order valence-electron chi connectivity index (χ4n) is 2.19. The Labute approximate surface area is 139 Å². The van der Waals surface area contributed by atoms with E-state index in [2.05, 4.69) is 26.0 Å². The van der Waals surface area contributed by atoms with E-state index >= 15 is 0 Å². The van der Waals surface area contributed by atoms with Gasteiger partial charge in [0, 0.05) is 17.6 Å². The van der Waals surface area contributed by atoms with Gasteiger partial charge in [0.1, 0.15) is 0 Å². The first-order chi connectivity index (χ1) is 10.0. The van der Waals surface area contributed by atoms with E-state index < -0.39 is 10.0 Å². The molecule has 0 aliphatic carbocycles. The first-order valence-corrected chi connectivity index (χ1v) is 10.5. The second-order valence-corrected chi connectivity index (χ2v) is 8.87. The lowest BCUT2D eigenvalue weighted by molar-refractivity contribution is 0.545. The van der Waals surface area contributed by atoms with Gasteiger partial charge in [0.05, 0.1) is 4.90 Å². The fraction of sp³-hybridized carbons (Fsp3) is 0.571. The quantitative estimate of drug-likeness (QED) is 0.748. The Kier molecular flexibility index (Phi) is 6.55. The second kappa shape index (κ2) is 7.97. The van der Waals surface area contributed by atoms with Gasteiger partial charge in [-0.2, -0.15) is 11.8 Å². The summed E-state index contributed by atoms with van der Waals surface area (Å²) < 4.78 is 28.1. The van der Waals surface area contributed by atoms with Crippen LogP contribution in [0.5, 0.6) is 0 Å². The molecule has 7 heteroatoms. The van der Waals surface area contributed by atoms with Gasteiger partial charge in [0.15, 0.2) is 0 Å². The molecule has 2 rings (SSSR count). The predicted molar refractivity (Wildman–Crippen MR) is 92.1 cm³/mol. The minimum absolute atomic E-state index is 0.313. The van der Waals surface area contributed by atoms with Crippen LogP contribution in [-0.4, -0.2) is 33.0 Å². The lowest BCUT2D eigenvalue weighted by Crippen LogP contribution is -2.29. The molecule has 0 saturated carbocycles. The highest BCUT2D eigenvalue weighted by molar-refractivity contribution is 9.10. The maximum atomic E-state index is 12.4. The molecule has 1 aliphatic heterocycles. The number of hydrogen-bond donors (Lipinski definition) is 2. The van der Waals surface area contributed by atoms with Gasteiger partial charge in [0.2, 0.25) is 10.0 Å². The number of rotatable bonds is 7. The van der Waals surface area contributed by atoms with Crippen LogP contribution in [0, 0.1) is 5.92 Å². The number of hydrogen-bond acceptors (Lipinski definition) is 4. The molecule has 1 saturated heterocycles. The van der Waals surface area contributed by atoms with Gasteiger partial charge < -0.3 is 5.32 Å². The summed E-state index contributed by atoms with van der Waals surface area (Å²) in [5, 5.41) is 3.22. The highest BCUT2D eigenvalue weighted by Crippen LogP contribution is 2.25. The number of sulfonamides is 1. The zero-order valence-corrected chi connectivity index (χ0v) is 15.3. The predicted octanol–water partition coefficient (Wildman–Crippen LogP) is 2.59. The molecule has 0 bridgehead atoms. The molecule has 0 spiro atoms. The third-order valence-corrected chi connectivity index (χ3v) is 7.08. The van der Waals surface area contributed by atoms with Crippen molar-refractivity contribution in [1.82, 2.24) is 10.0 Å². The van der Waals surface area contributed by atoms with Crippen LogP contribution in [0.15, 0.2) is 27.6 Å². The van der Waals surface area contributed by atoms with E-state index in [0.29, 0.717) is 21.8 Å². The average molecular weight is 393 g/mol. The lowest BCUT2D eigenvalue weighted by Gasteiger charge is -2.13. The molecule has 118 valence electrons. The summed E-state index contributed by atoms with van der Waals surface area (Å²) in [5.41, 5.74) is 1.06. The van der Waals surface area contributed by atoms with Crippen LogP contribution in [0.2, 0.25) is 0 Å². The Hall–Kier alpha value is -0.0800. The summed E-state index contributed by atoms with van der Waals surface area (Å²) in [6, 6.07) is 5.39. The van der Waals surface area contributed by atoms with Crippen LogP contribution in [0.4, 0.5) is 0 Å². The van der Waals surface area contributed by atoms with Crippen molar-refractivity contribution < 1.29 is 8.42 Å². The zero-order valence-electron chi connectivity index (χ0n) is 12.1. The SMILES string of the molecule is CCNCc1ccc(S(=O)(=O)NCC2CCSC2)c(Br)c1. The third kappa shape index (κ3) is 4.96. The molecule has 0 amide bonds. The molecule has 1 atom stereocenters. The van der Waals surface area contributed by atoms with Crippen molar-refractivity contribution in [2.45, 2.75) is 24.8 Å². The van der Waals surface area contributed by atoms with Gasteiger partial charge in [-0.3, -0.25) is 0 Å². The fourth-order valence-corrected chi connectivity index (χ4v) is 5.71. The van der Waals surface area contributed by atoms with Crippen LogP contribution in [-0.2, 0) is 16.6 Å². The maximum absolute atomic E-state index is 12.4. The molecular formula is C14H21BrN2O2S2. The largest absolute Gasteiger partial charge is 0.313 e. The van der Waals surface area contributed by atoms with E-state index in [1.165, 1.54) is 0 Å². The van der Waals surface area contributed by atoms with Crippen LogP contribution in [0.25, 0.3) is 0 Å². The van der Waals surface area contributed by atoms with Gasteiger partial charge in [-0.25, -0.2) is 13.1 Å². The monoisotopic (exact) mass is 392 g/mol. The van der Waals surface area contributed by atoms with Crippen LogP contribution >= 0.6 is 27.7 Å². The molecule has 2 N–H and O–H groups in total. The van der Waals surface area contributed by atoms with Gasteiger partial charge in [-0.1, -0.05) is 13.0 Å². The van der Waals surface area contributed by atoms with Crippen LogP contribution in [0.1, 0.15) is 18.9 Å². The zero-order chi connectivity index (χ0) is 15.3. The third-order valence-electron chi connectivity index (χ3n) is 3.45. The Bertz CT molecular complexity index is 572. The lowest BCUT2D eigenvalue weighted by atomic mass is 10.1. The van der Waals surface area contributed by atoms with Crippen molar-refractivity contribution in [2.24, 2.45) is 5.92 Å². The summed E-state index contributed by atoms with van der Waals surface area (Å²) in [4.78, 5) is 0.313. The van der Waals surface area contributed by atoms with Gasteiger partial charge in [-0.15, -0.1) is 0 Å². The summed E-state index contributed by atoms with van der Waals surface area (Å²) in [6.45, 7) is 4.20.